The van der Waals surface area contributed by atoms with Gasteiger partial charge in [0.1, 0.15) is 5.04 Å². The van der Waals surface area contributed by atoms with E-state index in [9.17, 15) is 0 Å². The van der Waals surface area contributed by atoms with E-state index in [4.69, 9.17) is 4.99 Å². The number of nitrogens with zero attached hydrogens (tertiary/aromatic N) is 1. The summed E-state index contributed by atoms with van der Waals surface area (Å²) in [6, 6.07) is 31.3. The predicted octanol–water partition coefficient (Wildman–Crippen LogP) is 5.56. The highest BCUT2D eigenvalue weighted by molar-refractivity contribution is 8.31. The fourth-order valence-corrected chi connectivity index (χ4v) is 4.44. The van der Waals surface area contributed by atoms with Gasteiger partial charge in [0.05, 0.1) is 5.70 Å². The largest absolute Gasteiger partial charge is 0.240 e. The molecule has 1 heterocycles. The molecule has 24 heavy (non-hydrogen) atoms. The van der Waals surface area contributed by atoms with Gasteiger partial charge in [-0.2, -0.15) is 0 Å². The zero-order valence-electron chi connectivity index (χ0n) is 13.2. The van der Waals surface area contributed by atoms with Crippen LogP contribution in [0.1, 0.15) is 16.7 Å². The summed E-state index contributed by atoms with van der Waals surface area (Å²) in [4.78, 5) is 4.96. The third-order valence-electron chi connectivity index (χ3n) is 3.84. The predicted molar refractivity (Wildman–Crippen MR) is 107 cm³/mol. The van der Waals surface area contributed by atoms with Gasteiger partial charge in [-0.25, -0.2) is 4.99 Å². The zero-order chi connectivity index (χ0) is 16.2. The molecule has 3 aromatic carbocycles. The Morgan fingerprint density at radius 2 is 1.17 bits per heavy atom. The average molecular weight is 327 g/mol. The maximum atomic E-state index is 4.96. The molecule has 0 amide bonds. The number of benzene rings is 3. The minimum absolute atomic E-state index is 0.135. The second kappa shape index (κ2) is 6.81. The van der Waals surface area contributed by atoms with E-state index >= 15 is 0 Å². The lowest BCUT2D eigenvalue weighted by atomic mass is 10.2. The van der Waals surface area contributed by atoms with Crippen molar-refractivity contribution in [1.82, 2.24) is 0 Å². The van der Waals surface area contributed by atoms with Crippen molar-refractivity contribution in [2.24, 2.45) is 4.99 Å². The van der Waals surface area contributed by atoms with Crippen LogP contribution in [-0.2, 0) is 0 Å². The summed E-state index contributed by atoms with van der Waals surface area (Å²) in [5.41, 5.74) is 4.65. The van der Waals surface area contributed by atoms with Gasteiger partial charge >= 0.3 is 0 Å². The molecule has 0 fully saturated rings. The van der Waals surface area contributed by atoms with Crippen LogP contribution < -0.4 is 0 Å². The van der Waals surface area contributed by atoms with Crippen LogP contribution in [0.4, 0.5) is 0 Å². The lowest BCUT2D eigenvalue weighted by Crippen LogP contribution is -1.95. The highest BCUT2D eigenvalue weighted by atomic mass is 32.2. The van der Waals surface area contributed by atoms with Crippen molar-refractivity contribution >= 4 is 26.6 Å². The topological polar surface area (TPSA) is 12.4 Å². The van der Waals surface area contributed by atoms with Gasteiger partial charge in [0, 0.05) is 11.1 Å². The first kappa shape index (κ1) is 14.9. The summed E-state index contributed by atoms with van der Waals surface area (Å²) >= 11 is 0. The Labute approximate surface area is 145 Å². The van der Waals surface area contributed by atoms with Gasteiger partial charge in [-0.05, 0) is 16.3 Å². The van der Waals surface area contributed by atoms with E-state index in [-0.39, 0.29) is 10.5 Å². The first-order chi connectivity index (χ1) is 11.9. The molecular formula is C22H17NS. The van der Waals surface area contributed by atoms with E-state index < -0.39 is 0 Å². The van der Waals surface area contributed by atoms with Crippen LogP contribution in [0, 0.1) is 0 Å². The maximum absolute atomic E-state index is 4.96. The lowest BCUT2D eigenvalue weighted by Gasteiger charge is -2.04. The minimum Gasteiger partial charge on any atom is -0.240 e. The molecule has 0 radical (unpaired) electrons. The van der Waals surface area contributed by atoms with Gasteiger partial charge in [0.2, 0.25) is 0 Å². The van der Waals surface area contributed by atoms with Crippen LogP contribution in [-0.4, -0.2) is 10.4 Å². The summed E-state index contributed by atoms with van der Waals surface area (Å²) in [5, 5.41) is 5.73. The molecule has 0 bridgehead atoms. The number of hydrogen-bond donors (Lipinski definition) is 0. The number of rotatable bonds is 3. The van der Waals surface area contributed by atoms with Crippen LogP contribution >= 0.6 is 10.5 Å². The van der Waals surface area contributed by atoms with E-state index in [0.29, 0.717) is 0 Å². The Balaban J connectivity index is 1.82. The van der Waals surface area contributed by atoms with Crippen LogP contribution in [0.5, 0.6) is 0 Å². The third-order valence-corrected chi connectivity index (χ3v) is 5.61. The summed E-state index contributed by atoms with van der Waals surface area (Å²) in [6.45, 7) is 0. The Bertz CT molecular complexity index is 923. The third kappa shape index (κ3) is 3.15. The normalized spacial score (nSPS) is 16.8. The molecule has 1 aliphatic rings. The molecule has 4 rings (SSSR count). The molecule has 1 atom stereocenters. The summed E-state index contributed by atoms with van der Waals surface area (Å²) < 4.78 is 0. The molecule has 0 saturated heterocycles. The van der Waals surface area contributed by atoms with E-state index in [0.717, 1.165) is 10.7 Å². The summed E-state index contributed by atoms with van der Waals surface area (Å²) in [7, 11) is -0.135. The van der Waals surface area contributed by atoms with Crippen molar-refractivity contribution in [2.75, 3.05) is 0 Å². The fourth-order valence-electron chi connectivity index (χ4n) is 2.66. The molecule has 0 aromatic heterocycles. The summed E-state index contributed by atoms with van der Waals surface area (Å²) in [5.74, 6) is 0. The van der Waals surface area contributed by atoms with Crippen LogP contribution in [0.25, 0.3) is 5.70 Å². The van der Waals surface area contributed by atoms with Crippen molar-refractivity contribution < 1.29 is 0 Å². The van der Waals surface area contributed by atoms with Crippen molar-refractivity contribution in [3.63, 3.8) is 0 Å². The molecule has 0 N–H and O–H groups in total. The highest BCUT2D eigenvalue weighted by Gasteiger charge is 2.16. The van der Waals surface area contributed by atoms with E-state index in [1.54, 1.807) is 0 Å². The van der Waals surface area contributed by atoms with Crippen molar-refractivity contribution in [1.29, 1.82) is 0 Å². The summed E-state index contributed by atoms with van der Waals surface area (Å²) in [6.07, 6.45) is 0. The van der Waals surface area contributed by atoms with Gasteiger partial charge in [-0.3, -0.25) is 0 Å². The molecule has 1 nitrogen and oxygen atoms in total. The van der Waals surface area contributed by atoms with Gasteiger partial charge in [0.15, 0.2) is 0 Å². The molecule has 0 spiro atoms. The van der Waals surface area contributed by atoms with Crippen LogP contribution in [0.3, 0.4) is 0 Å². The van der Waals surface area contributed by atoms with Gasteiger partial charge in [-0.1, -0.05) is 91.0 Å². The van der Waals surface area contributed by atoms with Gasteiger partial charge in [-0.15, -0.1) is 10.5 Å². The number of aliphatic imine (C=N–C) groups is 1. The highest BCUT2D eigenvalue weighted by Crippen LogP contribution is 2.36. The van der Waals surface area contributed by atoms with Crippen molar-refractivity contribution in [3.05, 3.63) is 113 Å². The van der Waals surface area contributed by atoms with Crippen molar-refractivity contribution in [2.45, 2.75) is 0 Å². The smallest absolute Gasteiger partial charge is 0.103 e. The minimum atomic E-state index is -0.135. The van der Waals surface area contributed by atoms with Crippen molar-refractivity contribution in [3.8, 4) is 0 Å². The molecule has 1 aliphatic heterocycles. The average Bonchev–Trinajstić information content (AvgIpc) is 3.08. The van der Waals surface area contributed by atoms with Crippen LogP contribution in [0.15, 0.2) is 101 Å². The molecule has 3 aromatic rings. The van der Waals surface area contributed by atoms with E-state index in [2.05, 4.69) is 83.6 Å². The standard InChI is InChI=1S/C22H17NS/c1-4-10-18(11-5-1)16-24-17-21(19-12-6-2-7-13-19)23-22(24)20-14-8-3-9-15-20/h1-17H. The Morgan fingerprint density at radius 3 is 1.79 bits per heavy atom. The second-order valence-electron chi connectivity index (χ2n) is 5.55. The second-order valence-corrected chi connectivity index (χ2v) is 7.15. The molecule has 1 unspecified atom stereocenters. The Hall–Kier alpha value is -2.71. The quantitative estimate of drug-likeness (QED) is 0.558. The van der Waals surface area contributed by atoms with E-state index in [1.165, 1.54) is 16.7 Å². The van der Waals surface area contributed by atoms with Gasteiger partial charge < -0.3 is 0 Å². The molecule has 116 valence electrons. The Morgan fingerprint density at radius 1 is 0.625 bits per heavy atom. The zero-order valence-corrected chi connectivity index (χ0v) is 14.0. The molecule has 0 aliphatic carbocycles. The molecule has 2 heteroatoms. The lowest BCUT2D eigenvalue weighted by molar-refractivity contribution is 1.52. The molecular weight excluding hydrogens is 310 g/mol. The van der Waals surface area contributed by atoms with E-state index in [1.807, 2.05) is 18.2 Å². The van der Waals surface area contributed by atoms with Gasteiger partial charge in [0.25, 0.3) is 0 Å². The first-order valence-corrected chi connectivity index (χ1v) is 9.28. The first-order valence-electron chi connectivity index (χ1n) is 7.93. The fraction of sp³-hybridized carbons (Fsp3) is 0. The maximum Gasteiger partial charge on any atom is 0.103 e. The number of hydrogen-bond acceptors (Lipinski definition) is 1. The monoisotopic (exact) mass is 327 g/mol. The SMILES string of the molecule is C1=C(c2ccccc2)N=C(c2ccccc2)S1=Cc1ccccc1. The Kier molecular flexibility index (Phi) is 4.22. The molecule has 0 saturated carbocycles. The van der Waals surface area contributed by atoms with Crippen LogP contribution in [0.2, 0.25) is 0 Å².